The van der Waals surface area contributed by atoms with E-state index in [1.54, 1.807) is 19.8 Å². The molecule has 6 heteroatoms. The third-order valence-electron chi connectivity index (χ3n) is 11.2. The molecule has 2 aliphatic carbocycles. The third kappa shape index (κ3) is 4.39. The lowest BCUT2D eigenvalue weighted by molar-refractivity contribution is -0.108. The normalized spacial score (nSPS) is 27.4. The number of methoxy groups -OCH3 is 3. The molecule has 0 amide bonds. The van der Waals surface area contributed by atoms with Crippen molar-refractivity contribution in [2.24, 2.45) is 23.7 Å². The van der Waals surface area contributed by atoms with Crippen LogP contribution in [0.3, 0.4) is 0 Å². The largest absolute Gasteiger partial charge is 0.493 e. The van der Waals surface area contributed by atoms with Crippen LogP contribution < -0.4 is 23.8 Å². The SMILES string of the molecule is COc1ccc2c(c1OC)[C@@H](CC1=C[C@@H]3[C@@H](C(C)C)CC[C@@](C)(OC)[C@@H]3CC1)N(C)c1c-2ccc2cc3c(cc12)OCO3. The summed E-state index contributed by atoms with van der Waals surface area (Å²) in [6.45, 7) is 7.40. The smallest absolute Gasteiger partial charge is 0.231 e. The van der Waals surface area contributed by atoms with Gasteiger partial charge in [-0.25, -0.2) is 0 Å². The molecule has 0 spiro atoms. The molecule has 3 aromatic carbocycles. The van der Waals surface area contributed by atoms with Crippen molar-refractivity contribution in [2.75, 3.05) is 40.1 Å². The highest BCUT2D eigenvalue weighted by Crippen LogP contribution is 2.57. The van der Waals surface area contributed by atoms with Crippen LogP contribution in [0.5, 0.6) is 23.0 Å². The van der Waals surface area contributed by atoms with Crippen LogP contribution in [0.2, 0.25) is 0 Å². The fourth-order valence-corrected chi connectivity index (χ4v) is 8.82. The number of ether oxygens (including phenoxy) is 5. The first kappa shape index (κ1) is 28.4. The fraction of sp³-hybridized carbons (Fsp3) is 0.514. The standard InChI is InChI=1S/C37H45NO5/c1-21(2)24-14-15-37(3,41-7)29-12-8-22(16-28(24)29)17-30-34-25(11-13-31(39-5)36(34)40-6)26-10-9-23-18-32-33(43-20-42-32)19-27(23)35(26)38(30)4/h9-11,13,16,18-19,21,24,28-30H,8,12,14-15,17,20H2,1-7H3/t24-,28-,29-,30-,37-/m1/s1. The van der Waals surface area contributed by atoms with Crippen molar-refractivity contribution in [1.29, 1.82) is 0 Å². The van der Waals surface area contributed by atoms with E-state index in [4.69, 9.17) is 23.7 Å². The van der Waals surface area contributed by atoms with Gasteiger partial charge in [0.05, 0.1) is 31.5 Å². The molecule has 3 aromatic rings. The minimum Gasteiger partial charge on any atom is -0.493 e. The van der Waals surface area contributed by atoms with Crippen LogP contribution in [0.25, 0.3) is 21.9 Å². The Kier molecular flexibility index (Phi) is 7.04. The predicted octanol–water partition coefficient (Wildman–Crippen LogP) is 8.56. The van der Waals surface area contributed by atoms with Gasteiger partial charge >= 0.3 is 0 Å². The molecule has 0 unspecified atom stereocenters. The minimum absolute atomic E-state index is 0.0488. The first-order valence-corrected chi connectivity index (χ1v) is 15.9. The van der Waals surface area contributed by atoms with Gasteiger partial charge in [0.2, 0.25) is 6.79 Å². The fourth-order valence-electron chi connectivity index (χ4n) is 8.82. The zero-order chi connectivity index (χ0) is 30.0. The Morgan fingerprint density at radius 2 is 1.74 bits per heavy atom. The molecular formula is C37H45NO5. The number of fused-ring (bicyclic) bond motifs is 7. The Hall–Kier alpha value is -3.38. The van der Waals surface area contributed by atoms with E-state index in [2.05, 4.69) is 69.1 Å². The van der Waals surface area contributed by atoms with Gasteiger partial charge in [0.15, 0.2) is 23.0 Å². The molecule has 228 valence electrons. The van der Waals surface area contributed by atoms with Crippen LogP contribution in [0, 0.1) is 23.7 Å². The van der Waals surface area contributed by atoms with Gasteiger partial charge in [0.1, 0.15) is 0 Å². The molecule has 2 aliphatic heterocycles. The lowest BCUT2D eigenvalue weighted by atomic mass is 9.58. The molecule has 2 heterocycles. The van der Waals surface area contributed by atoms with E-state index in [1.165, 1.54) is 40.6 Å². The second-order valence-corrected chi connectivity index (χ2v) is 13.5. The van der Waals surface area contributed by atoms with E-state index in [0.29, 0.717) is 23.7 Å². The zero-order valence-corrected chi connectivity index (χ0v) is 26.7. The van der Waals surface area contributed by atoms with Crippen LogP contribution in [-0.2, 0) is 4.74 Å². The van der Waals surface area contributed by atoms with Crippen molar-refractivity contribution in [3.63, 3.8) is 0 Å². The van der Waals surface area contributed by atoms with E-state index in [-0.39, 0.29) is 18.4 Å². The Balaban J connectivity index is 1.36. The first-order valence-electron chi connectivity index (χ1n) is 15.9. The monoisotopic (exact) mass is 583 g/mol. The summed E-state index contributed by atoms with van der Waals surface area (Å²) in [5.74, 6) is 5.65. The van der Waals surface area contributed by atoms with Crippen LogP contribution >= 0.6 is 0 Å². The highest BCUT2D eigenvalue weighted by molar-refractivity contribution is 6.05. The van der Waals surface area contributed by atoms with Gasteiger partial charge < -0.3 is 28.6 Å². The molecule has 6 nitrogen and oxygen atoms in total. The van der Waals surface area contributed by atoms with Crippen LogP contribution in [0.4, 0.5) is 5.69 Å². The summed E-state index contributed by atoms with van der Waals surface area (Å²) in [5, 5.41) is 2.33. The van der Waals surface area contributed by atoms with Gasteiger partial charge in [-0.3, -0.25) is 0 Å². The predicted molar refractivity (Wildman–Crippen MR) is 172 cm³/mol. The molecule has 0 bridgehead atoms. The van der Waals surface area contributed by atoms with Gasteiger partial charge in [0, 0.05) is 30.7 Å². The Bertz CT molecular complexity index is 1590. The highest BCUT2D eigenvalue weighted by Gasteiger charge is 2.48. The zero-order valence-electron chi connectivity index (χ0n) is 26.7. The number of nitrogens with zero attached hydrogens (tertiary/aromatic N) is 1. The molecular weight excluding hydrogens is 538 g/mol. The molecule has 0 N–H and O–H groups in total. The average Bonchev–Trinajstić information content (AvgIpc) is 3.48. The summed E-state index contributed by atoms with van der Waals surface area (Å²) in [6, 6.07) is 13.0. The van der Waals surface area contributed by atoms with Crippen molar-refractivity contribution >= 4 is 16.5 Å². The Labute approximate surface area is 255 Å². The van der Waals surface area contributed by atoms with Gasteiger partial charge in [-0.2, -0.15) is 0 Å². The van der Waals surface area contributed by atoms with Gasteiger partial charge in [-0.15, -0.1) is 0 Å². The van der Waals surface area contributed by atoms with Crippen LogP contribution in [0.1, 0.15) is 64.5 Å². The van der Waals surface area contributed by atoms with E-state index in [9.17, 15) is 0 Å². The number of hydrogen-bond acceptors (Lipinski definition) is 6. The van der Waals surface area contributed by atoms with E-state index in [0.717, 1.165) is 47.6 Å². The maximum Gasteiger partial charge on any atom is 0.231 e. The summed E-state index contributed by atoms with van der Waals surface area (Å²) in [4.78, 5) is 2.47. The topological polar surface area (TPSA) is 49.4 Å². The van der Waals surface area contributed by atoms with Crippen molar-refractivity contribution in [2.45, 2.75) is 64.5 Å². The number of rotatable bonds is 6. The van der Waals surface area contributed by atoms with Gasteiger partial charge in [-0.05, 0) is 97.9 Å². The molecule has 43 heavy (non-hydrogen) atoms. The summed E-state index contributed by atoms with van der Waals surface area (Å²) < 4.78 is 29.7. The van der Waals surface area contributed by atoms with Gasteiger partial charge in [-0.1, -0.05) is 37.6 Å². The Morgan fingerprint density at radius 3 is 2.47 bits per heavy atom. The maximum absolute atomic E-state index is 6.21. The summed E-state index contributed by atoms with van der Waals surface area (Å²) >= 11 is 0. The molecule has 7 rings (SSSR count). The lowest BCUT2D eigenvalue weighted by Crippen LogP contribution is -2.49. The number of hydrogen-bond donors (Lipinski definition) is 0. The molecule has 0 radical (unpaired) electrons. The second-order valence-electron chi connectivity index (χ2n) is 13.5. The number of anilines is 1. The summed E-state index contributed by atoms with van der Waals surface area (Å²) in [5.41, 5.74) is 6.31. The van der Waals surface area contributed by atoms with Crippen LogP contribution in [-0.4, -0.2) is 40.8 Å². The molecule has 1 fully saturated rings. The second kappa shape index (κ2) is 10.7. The van der Waals surface area contributed by atoms with E-state index >= 15 is 0 Å². The van der Waals surface area contributed by atoms with Gasteiger partial charge in [0.25, 0.3) is 0 Å². The van der Waals surface area contributed by atoms with Crippen LogP contribution in [0.15, 0.2) is 48.0 Å². The number of allylic oxidation sites excluding steroid dienone is 1. The lowest BCUT2D eigenvalue weighted by Gasteiger charge is -2.51. The number of benzene rings is 3. The third-order valence-corrected chi connectivity index (χ3v) is 11.2. The Morgan fingerprint density at radius 1 is 0.977 bits per heavy atom. The van der Waals surface area contributed by atoms with Crippen molar-refractivity contribution in [3.8, 4) is 34.1 Å². The first-order chi connectivity index (χ1) is 20.8. The average molecular weight is 584 g/mol. The maximum atomic E-state index is 6.21. The molecule has 5 atom stereocenters. The molecule has 0 saturated heterocycles. The minimum atomic E-state index is -0.0488. The molecule has 1 saturated carbocycles. The quantitative estimate of drug-likeness (QED) is 0.271. The van der Waals surface area contributed by atoms with E-state index < -0.39 is 0 Å². The van der Waals surface area contributed by atoms with Crippen molar-refractivity contribution in [3.05, 3.63) is 53.6 Å². The summed E-state index contributed by atoms with van der Waals surface area (Å²) in [6.07, 6.45) is 8.23. The van der Waals surface area contributed by atoms with Crippen molar-refractivity contribution in [1.82, 2.24) is 0 Å². The molecule has 4 aliphatic rings. The van der Waals surface area contributed by atoms with Crippen molar-refractivity contribution < 1.29 is 23.7 Å². The highest BCUT2D eigenvalue weighted by atomic mass is 16.7. The molecule has 0 aromatic heterocycles. The van der Waals surface area contributed by atoms with E-state index in [1.807, 2.05) is 13.2 Å². The summed E-state index contributed by atoms with van der Waals surface area (Å²) in [7, 11) is 7.63.